The van der Waals surface area contributed by atoms with Gasteiger partial charge in [0.15, 0.2) is 6.61 Å². The van der Waals surface area contributed by atoms with Crippen molar-refractivity contribution in [3.63, 3.8) is 0 Å². The van der Waals surface area contributed by atoms with Crippen molar-refractivity contribution >= 4 is 0 Å². The summed E-state index contributed by atoms with van der Waals surface area (Å²) in [6.45, 7) is 3.69. The van der Waals surface area contributed by atoms with Gasteiger partial charge in [-0.3, -0.25) is 10.1 Å². The highest BCUT2D eigenvalue weighted by Gasteiger charge is 2.42. The van der Waals surface area contributed by atoms with Crippen LogP contribution in [0.5, 0.6) is 0 Å². The van der Waals surface area contributed by atoms with Gasteiger partial charge in [-0.05, 0) is 12.8 Å². The molecule has 0 aromatic rings. The fourth-order valence-electron chi connectivity index (χ4n) is 2.77. The van der Waals surface area contributed by atoms with Gasteiger partial charge in [0.2, 0.25) is 5.54 Å². The molecule has 0 rings (SSSR count). The molecular formula is C16H32N2O5. The van der Waals surface area contributed by atoms with Crippen LogP contribution in [0.4, 0.5) is 0 Å². The summed E-state index contributed by atoms with van der Waals surface area (Å²) in [5.74, 6) is 0. The maximum Gasteiger partial charge on any atom is 0.294 e. The molecular weight excluding hydrogens is 300 g/mol. The lowest BCUT2D eigenvalue weighted by Crippen LogP contribution is -2.43. The van der Waals surface area contributed by atoms with Gasteiger partial charge in [-0.1, -0.05) is 65.2 Å². The van der Waals surface area contributed by atoms with Crippen LogP contribution in [0.1, 0.15) is 90.9 Å². The first-order chi connectivity index (χ1) is 11.0. The van der Waals surface area contributed by atoms with E-state index in [1.54, 1.807) is 0 Å². The predicted octanol–water partition coefficient (Wildman–Crippen LogP) is 4.93. The number of nitro groups is 1. The number of unbranched alkanes of at least 4 members (excludes halogenated alkanes) is 8. The van der Waals surface area contributed by atoms with Gasteiger partial charge in [0, 0.05) is 17.8 Å². The number of rotatable bonds is 16. The third-order valence-corrected chi connectivity index (χ3v) is 4.32. The second-order valence-electron chi connectivity index (χ2n) is 6.31. The van der Waals surface area contributed by atoms with Crippen molar-refractivity contribution in [3.05, 3.63) is 20.2 Å². The number of nitrogens with zero attached hydrogens (tertiary/aromatic N) is 2. The molecule has 0 aliphatic rings. The van der Waals surface area contributed by atoms with Gasteiger partial charge in [-0.25, -0.2) is 0 Å². The first-order valence-electron chi connectivity index (χ1n) is 8.90. The summed E-state index contributed by atoms with van der Waals surface area (Å²) >= 11 is 0. The van der Waals surface area contributed by atoms with Gasteiger partial charge in [-0.15, -0.1) is 10.1 Å². The van der Waals surface area contributed by atoms with E-state index in [9.17, 15) is 20.2 Å². The fraction of sp³-hybridized carbons (Fsp3) is 1.00. The average molecular weight is 332 g/mol. The smallest absolute Gasteiger partial charge is 0.294 e. The van der Waals surface area contributed by atoms with Crippen LogP contribution in [0, 0.1) is 20.2 Å². The summed E-state index contributed by atoms with van der Waals surface area (Å²) in [6.07, 6.45) is 11.0. The average Bonchev–Trinajstić information content (AvgIpc) is 2.51. The molecule has 0 heterocycles. The van der Waals surface area contributed by atoms with E-state index in [2.05, 4.69) is 11.8 Å². The van der Waals surface area contributed by atoms with Crippen molar-refractivity contribution in [1.82, 2.24) is 0 Å². The van der Waals surface area contributed by atoms with Gasteiger partial charge in [0.1, 0.15) is 0 Å². The third-order valence-electron chi connectivity index (χ3n) is 4.32. The highest BCUT2D eigenvalue weighted by molar-refractivity contribution is 4.79. The first-order valence-corrected chi connectivity index (χ1v) is 8.90. The van der Waals surface area contributed by atoms with Crippen LogP contribution in [-0.4, -0.2) is 22.2 Å². The second kappa shape index (κ2) is 13.1. The van der Waals surface area contributed by atoms with Crippen LogP contribution in [0.3, 0.4) is 0 Å². The molecule has 136 valence electrons. The number of hydrogen-bond acceptors (Lipinski definition) is 5. The van der Waals surface area contributed by atoms with E-state index in [1.165, 1.54) is 25.7 Å². The molecule has 7 nitrogen and oxygen atoms in total. The van der Waals surface area contributed by atoms with Gasteiger partial charge >= 0.3 is 0 Å². The zero-order valence-corrected chi connectivity index (χ0v) is 14.6. The Labute approximate surface area is 139 Å². The highest BCUT2D eigenvalue weighted by atomic mass is 17.0. The van der Waals surface area contributed by atoms with Gasteiger partial charge in [0.25, 0.3) is 5.09 Å². The normalized spacial score (nSPS) is 13.5. The predicted molar refractivity (Wildman–Crippen MR) is 89.4 cm³/mol. The van der Waals surface area contributed by atoms with E-state index >= 15 is 0 Å². The Hall–Kier alpha value is -1.40. The van der Waals surface area contributed by atoms with Crippen LogP contribution < -0.4 is 0 Å². The van der Waals surface area contributed by atoms with Crippen molar-refractivity contribution in [2.75, 3.05) is 6.61 Å². The maximum absolute atomic E-state index is 11.5. The lowest BCUT2D eigenvalue weighted by Gasteiger charge is -2.24. The lowest BCUT2D eigenvalue weighted by molar-refractivity contribution is -0.770. The summed E-state index contributed by atoms with van der Waals surface area (Å²) < 4.78 is 0. The quantitative estimate of drug-likeness (QED) is 0.227. The molecule has 0 N–H and O–H groups in total. The van der Waals surface area contributed by atoms with Crippen LogP contribution in [0.15, 0.2) is 0 Å². The summed E-state index contributed by atoms with van der Waals surface area (Å²) in [4.78, 5) is 25.9. The minimum atomic E-state index is -1.31. The van der Waals surface area contributed by atoms with Crippen LogP contribution in [0.25, 0.3) is 0 Å². The van der Waals surface area contributed by atoms with Crippen molar-refractivity contribution < 1.29 is 14.8 Å². The summed E-state index contributed by atoms with van der Waals surface area (Å²) in [7, 11) is 0. The van der Waals surface area contributed by atoms with Crippen molar-refractivity contribution in [2.45, 2.75) is 96.4 Å². The standard InChI is InChI=1S/C16H32N2O5/c1-3-5-7-8-9-10-11-12-14-16(17(19)20,13-6-4-2)15-23-18(21)22/h3-15H2,1-2H3. The Balaban J connectivity index is 4.27. The zero-order chi connectivity index (χ0) is 17.6. The molecule has 0 bridgehead atoms. The molecule has 1 atom stereocenters. The molecule has 0 aliphatic heterocycles. The first kappa shape index (κ1) is 21.6. The van der Waals surface area contributed by atoms with Crippen LogP contribution in [0.2, 0.25) is 0 Å². The molecule has 7 heteroatoms. The minimum Gasteiger partial charge on any atom is -0.306 e. The highest BCUT2D eigenvalue weighted by Crippen LogP contribution is 2.26. The monoisotopic (exact) mass is 332 g/mol. The minimum absolute atomic E-state index is 0.334. The molecule has 0 aromatic heterocycles. The second-order valence-corrected chi connectivity index (χ2v) is 6.31. The van der Waals surface area contributed by atoms with E-state index in [1.807, 2.05) is 6.92 Å². The molecule has 0 spiro atoms. The Bertz CT molecular complexity index is 338. The Kier molecular flexibility index (Phi) is 12.3. The molecule has 0 radical (unpaired) electrons. The van der Waals surface area contributed by atoms with Crippen molar-refractivity contribution in [1.29, 1.82) is 0 Å². The summed E-state index contributed by atoms with van der Waals surface area (Å²) in [5, 5.41) is 21.0. The van der Waals surface area contributed by atoms with E-state index in [0.29, 0.717) is 19.3 Å². The Morgan fingerprint density at radius 2 is 1.26 bits per heavy atom. The third kappa shape index (κ3) is 10.1. The van der Waals surface area contributed by atoms with Gasteiger partial charge in [-0.2, -0.15) is 0 Å². The SMILES string of the molecule is CCCCCCCCCCC(CCCC)(CO[N+](=O)[O-])[N+](=O)[O-]. The lowest BCUT2D eigenvalue weighted by atomic mass is 9.88. The van der Waals surface area contributed by atoms with Crippen LogP contribution >= 0.6 is 0 Å². The molecule has 0 saturated carbocycles. The van der Waals surface area contributed by atoms with E-state index < -0.39 is 17.2 Å². The molecule has 0 fully saturated rings. The van der Waals surface area contributed by atoms with Crippen LogP contribution in [-0.2, 0) is 4.84 Å². The molecule has 1 unspecified atom stereocenters. The zero-order valence-electron chi connectivity index (χ0n) is 14.6. The molecule has 0 saturated heterocycles. The van der Waals surface area contributed by atoms with Crippen molar-refractivity contribution in [2.24, 2.45) is 0 Å². The van der Waals surface area contributed by atoms with Gasteiger partial charge < -0.3 is 4.84 Å². The maximum atomic E-state index is 11.5. The Morgan fingerprint density at radius 3 is 1.74 bits per heavy atom. The van der Waals surface area contributed by atoms with E-state index in [4.69, 9.17) is 0 Å². The molecule has 23 heavy (non-hydrogen) atoms. The van der Waals surface area contributed by atoms with E-state index in [0.717, 1.165) is 32.1 Å². The topological polar surface area (TPSA) is 95.5 Å². The van der Waals surface area contributed by atoms with Gasteiger partial charge in [0.05, 0.1) is 0 Å². The fourth-order valence-corrected chi connectivity index (χ4v) is 2.77. The molecule has 0 aromatic carbocycles. The molecule has 0 aliphatic carbocycles. The Morgan fingerprint density at radius 1 is 0.783 bits per heavy atom. The molecule has 0 amide bonds. The van der Waals surface area contributed by atoms with E-state index in [-0.39, 0.29) is 4.92 Å². The summed E-state index contributed by atoms with van der Waals surface area (Å²) in [5.41, 5.74) is -1.31. The van der Waals surface area contributed by atoms with Crippen molar-refractivity contribution in [3.8, 4) is 0 Å². The number of hydrogen-bond donors (Lipinski definition) is 0. The largest absolute Gasteiger partial charge is 0.306 e. The summed E-state index contributed by atoms with van der Waals surface area (Å²) in [6, 6.07) is 0.